The van der Waals surface area contributed by atoms with E-state index < -0.39 is 31.7 Å². The number of sulfone groups is 1. The molecule has 148 valence electrons. The van der Waals surface area contributed by atoms with Gasteiger partial charge in [0.25, 0.3) is 0 Å². The van der Waals surface area contributed by atoms with E-state index in [2.05, 4.69) is 10.6 Å². The van der Waals surface area contributed by atoms with Crippen LogP contribution in [0, 0.1) is 5.82 Å². The third kappa shape index (κ3) is 4.68. The van der Waals surface area contributed by atoms with Gasteiger partial charge in [-0.1, -0.05) is 31.5 Å². The summed E-state index contributed by atoms with van der Waals surface area (Å²) >= 11 is 6.12. The second-order valence-corrected chi connectivity index (χ2v) is 9.94. The largest absolute Gasteiger partial charge is 0.354 e. The molecule has 0 saturated carbocycles. The number of benzene rings is 1. The average molecular weight is 427 g/mol. The van der Waals surface area contributed by atoms with Crippen LogP contribution >= 0.6 is 24.0 Å². The summed E-state index contributed by atoms with van der Waals surface area (Å²) in [5.74, 6) is -0.915. The van der Waals surface area contributed by atoms with Crippen molar-refractivity contribution < 1.29 is 17.6 Å². The first kappa shape index (κ1) is 23.1. The van der Waals surface area contributed by atoms with E-state index in [0.717, 1.165) is 6.26 Å². The Bertz CT molecular complexity index is 763. The number of carbonyl (C=O) groups excluding carboxylic acids is 1. The van der Waals surface area contributed by atoms with Crippen LogP contribution in [0.1, 0.15) is 32.3 Å². The molecule has 2 N–H and O–H groups in total. The molecule has 5 nitrogen and oxygen atoms in total. The summed E-state index contributed by atoms with van der Waals surface area (Å²) in [5, 5.41) is 6.14. The minimum Gasteiger partial charge on any atom is -0.354 e. The molecule has 1 fully saturated rings. The van der Waals surface area contributed by atoms with Crippen molar-refractivity contribution in [3.8, 4) is 0 Å². The molecular weight excluding hydrogens is 402 g/mol. The number of piperidine rings is 1. The van der Waals surface area contributed by atoms with Gasteiger partial charge in [0.2, 0.25) is 5.91 Å². The molecular formula is C17H25Cl2FN2O3S. The van der Waals surface area contributed by atoms with Crippen LogP contribution in [0.25, 0.3) is 0 Å². The molecule has 0 aliphatic carbocycles. The average Bonchev–Trinajstić information content (AvgIpc) is 2.52. The van der Waals surface area contributed by atoms with Gasteiger partial charge in [0.05, 0.1) is 0 Å². The fraction of sp³-hybridized carbons (Fsp3) is 0.588. The van der Waals surface area contributed by atoms with Crippen LogP contribution in [0.2, 0.25) is 5.02 Å². The zero-order valence-corrected chi connectivity index (χ0v) is 17.5. The molecule has 1 saturated heterocycles. The van der Waals surface area contributed by atoms with Gasteiger partial charge in [-0.25, -0.2) is 12.8 Å². The lowest BCUT2D eigenvalue weighted by atomic mass is 9.84. The van der Waals surface area contributed by atoms with Gasteiger partial charge in [-0.15, -0.1) is 12.4 Å². The summed E-state index contributed by atoms with van der Waals surface area (Å²) in [5.41, 5.74) is 0.112. The van der Waals surface area contributed by atoms with Crippen LogP contribution in [-0.2, 0) is 20.0 Å². The third-order valence-corrected chi connectivity index (χ3v) is 7.21. The van der Waals surface area contributed by atoms with Crippen LogP contribution in [0.3, 0.4) is 0 Å². The molecule has 2 rings (SSSR count). The summed E-state index contributed by atoms with van der Waals surface area (Å²) in [6.45, 7) is 4.88. The van der Waals surface area contributed by atoms with E-state index in [4.69, 9.17) is 11.6 Å². The first-order valence-corrected chi connectivity index (χ1v) is 10.4. The van der Waals surface area contributed by atoms with Crippen molar-refractivity contribution in [3.63, 3.8) is 0 Å². The smallest absolute Gasteiger partial charge is 0.241 e. The molecule has 0 radical (unpaired) electrons. The molecule has 1 amide bonds. The zero-order chi connectivity index (χ0) is 18.9. The van der Waals surface area contributed by atoms with Gasteiger partial charge in [-0.3, -0.25) is 4.79 Å². The Morgan fingerprint density at radius 2 is 1.92 bits per heavy atom. The summed E-state index contributed by atoms with van der Waals surface area (Å²) in [4.78, 5) is 12.8. The quantitative estimate of drug-likeness (QED) is 0.757. The molecule has 1 aromatic rings. The predicted molar refractivity (Wildman–Crippen MR) is 104 cm³/mol. The molecule has 0 aromatic heterocycles. The standard InChI is InChI=1S/C17H24ClFN2O3S.ClH/c1-16(2,13-5-4-12(19)10-14(13)18)11-21-15(22)17(25(3,23)24)6-8-20-9-7-17;/h4-5,10,20H,6-9,11H2,1-3H3,(H,21,22);1H. The van der Waals surface area contributed by atoms with Crippen molar-refractivity contribution in [2.24, 2.45) is 0 Å². The molecule has 0 atom stereocenters. The molecule has 1 aliphatic heterocycles. The van der Waals surface area contributed by atoms with Gasteiger partial charge in [-0.2, -0.15) is 0 Å². The molecule has 0 unspecified atom stereocenters. The number of amides is 1. The highest BCUT2D eigenvalue weighted by Gasteiger charge is 2.48. The van der Waals surface area contributed by atoms with Gasteiger partial charge in [0.15, 0.2) is 14.6 Å². The Kier molecular flexibility index (Phi) is 7.50. The van der Waals surface area contributed by atoms with Crippen molar-refractivity contribution in [1.29, 1.82) is 0 Å². The highest BCUT2D eigenvalue weighted by atomic mass is 35.5. The maximum absolute atomic E-state index is 13.2. The minimum atomic E-state index is -3.56. The van der Waals surface area contributed by atoms with E-state index >= 15 is 0 Å². The molecule has 0 bridgehead atoms. The van der Waals surface area contributed by atoms with Crippen molar-refractivity contribution in [2.75, 3.05) is 25.9 Å². The normalized spacial score (nSPS) is 17.3. The summed E-state index contributed by atoms with van der Waals surface area (Å²) in [6.07, 6.45) is 1.60. The Hall–Kier alpha value is -0.890. The number of nitrogens with one attached hydrogen (secondary N) is 2. The van der Waals surface area contributed by atoms with Crippen LogP contribution in [0.4, 0.5) is 4.39 Å². The second kappa shape index (κ2) is 8.42. The van der Waals surface area contributed by atoms with Gasteiger partial charge in [0, 0.05) is 23.2 Å². The monoisotopic (exact) mass is 426 g/mol. The van der Waals surface area contributed by atoms with Crippen LogP contribution < -0.4 is 10.6 Å². The zero-order valence-electron chi connectivity index (χ0n) is 15.1. The number of hydrogen-bond donors (Lipinski definition) is 2. The van der Waals surface area contributed by atoms with Gasteiger partial charge >= 0.3 is 0 Å². The SMILES string of the molecule is CC(C)(CNC(=O)C1(S(C)(=O)=O)CCNCC1)c1ccc(F)cc1Cl.Cl. The number of carbonyl (C=O) groups is 1. The van der Waals surface area contributed by atoms with E-state index in [-0.39, 0.29) is 36.8 Å². The van der Waals surface area contributed by atoms with Crippen LogP contribution in [0.15, 0.2) is 18.2 Å². The Labute approximate surface area is 165 Å². The third-order valence-electron chi connectivity index (χ3n) is 4.89. The van der Waals surface area contributed by atoms with E-state index in [9.17, 15) is 17.6 Å². The lowest BCUT2D eigenvalue weighted by Crippen LogP contribution is -2.58. The fourth-order valence-corrected chi connectivity index (χ4v) is 4.97. The van der Waals surface area contributed by atoms with Crippen molar-refractivity contribution >= 4 is 39.8 Å². The Morgan fingerprint density at radius 3 is 2.42 bits per heavy atom. The van der Waals surface area contributed by atoms with Gasteiger partial charge in [0.1, 0.15) is 5.82 Å². The van der Waals surface area contributed by atoms with Crippen LogP contribution in [-0.4, -0.2) is 45.0 Å². The maximum Gasteiger partial charge on any atom is 0.241 e. The molecule has 0 spiro atoms. The first-order valence-electron chi connectivity index (χ1n) is 8.14. The van der Waals surface area contributed by atoms with E-state index in [1.807, 2.05) is 13.8 Å². The summed E-state index contributed by atoms with van der Waals surface area (Å²) in [7, 11) is -3.56. The highest BCUT2D eigenvalue weighted by molar-refractivity contribution is 7.92. The maximum atomic E-state index is 13.2. The number of rotatable bonds is 5. The summed E-state index contributed by atoms with van der Waals surface area (Å²) < 4.78 is 36.4. The number of hydrogen-bond acceptors (Lipinski definition) is 4. The topological polar surface area (TPSA) is 75.3 Å². The molecule has 26 heavy (non-hydrogen) atoms. The van der Waals surface area contributed by atoms with Crippen molar-refractivity contribution in [2.45, 2.75) is 36.9 Å². The fourth-order valence-electron chi connectivity index (χ4n) is 3.19. The molecule has 9 heteroatoms. The van der Waals surface area contributed by atoms with Crippen molar-refractivity contribution in [3.05, 3.63) is 34.6 Å². The van der Waals surface area contributed by atoms with Gasteiger partial charge < -0.3 is 10.6 Å². The Balaban J connectivity index is 0.00000338. The number of halogens is 3. The highest BCUT2D eigenvalue weighted by Crippen LogP contribution is 2.31. The Morgan fingerprint density at radius 1 is 1.35 bits per heavy atom. The van der Waals surface area contributed by atoms with E-state index in [1.165, 1.54) is 12.1 Å². The minimum absolute atomic E-state index is 0. The van der Waals surface area contributed by atoms with E-state index in [1.54, 1.807) is 6.07 Å². The van der Waals surface area contributed by atoms with E-state index in [0.29, 0.717) is 18.7 Å². The predicted octanol–water partition coefficient (Wildman–Crippen LogP) is 2.46. The molecule has 1 aromatic carbocycles. The van der Waals surface area contributed by atoms with Gasteiger partial charge in [-0.05, 0) is 43.6 Å². The van der Waals surface area contributed by atoms with Crippen LogP contribution in [0.5, 0.6) is 0 Å². The second-order valence-electron chi connectivity index (χ2n) is 7.21. The first-order chi connectivity index (χ1) is 11.5. The van der Waals surface area contributed by atoms with Crippen molar-refractivity contribution in [1.82, 2.24) is 10.6 Å². The molecule has 1 aliphatic rings. The summed E-state index contributed by atoms with van der Waals surface area (Å²) in [6, 6.07) is 4.13. The lowest BCUT2D eigenvalue weighted by Gasteiger charge is -2.36. The lowest BCUT2D eigenvalue weighted by molar-refractivity contribution is -0.124. The molecule has 1 heterocycles.